The van der Waals surface area contributed by atoms with Crippen LogP contribution in [-0.4, -0.2) is 38.1 Å². The fourth-order valence-corrected chi connectivity index (χ4v) is 4.90. The lowest BCUT2D eigenvalue weighted by atomic mass is 9.95. The third kappa shape index (κ3) is 2.99. The highest BCUT2D eigenvalue weighted by Gasteiger charge is 2.45. The van der Waals surface area contributed by atoms with Crippen LogP contribution in [0.15, 0.2) is 22.4 Å². The molecule has 2 aliphatic heterocycles. The topological polar surface area (TPSA) is 63.7 Å². The summed E-state index contributed by atoms with van der Waals surface area (Å²) in [5.74, 6) is 0.134. The second-order valence-corrected chi connectivity index (χ2v) is 8.75. The maximum absolute atomic E-state index is 13.0. The molecule has 1 saturated heterocycles. The zero-order valence-electron chi connectivity index (χ0n) is 13.9. The predicted octanol–water partition coefficient (Wildman–Crippen LogP) is 3.01. The first-order valence-electron chi connectivity index (χ1n) is 7.97. The minimum absolute atomic E-state index is 0.143. The lowest BCUT2D eigenvalue weighted by Gasteiger charge is -2.16. The van der Waals surface area contributed by atoms with Crippen LogP contribution in [0.5, 0.6) is 0 Å². The van der Waals surface area contributed by atoms with Gasteiger partial charge in [0, 0.05) is 16.6 Å². The fraction of sp³-hybridized carbons (Fsp3) is 0.471. The lowest BCUT2D eigenvalue weighted by molar-refractivity contribution is -0.124. The maximum Gasteiger partial charge on any atom is 0.306 e. The smallest absolute Gasteiger partial charge is 0.306 e. The van der Waals surface area contributed by atoms with Crippen molar-refractivity contribution in [2.24, 2.45) is 0 Å². The standard InChI is InChI=1S/C17H20BrNO4S/c1-4-11-8-10(2)9-12(18)14(11)15-16(23-24(3,21)22)13-6-5-7-19(13)17(15)20/h8-9,13H,4-7H2,1-3H3. The van der Waals surface area contributed by atoms with Crippen molar-refractivity contribution in [1.82, 2.24) is 4.90 Å². The van der Waals surface area contributed by atoms with Gasteiger partial charge in [-0.25, -0.2) is 0 Å². The van der Waals surface area contributed by atoms with E-state index in [4.69, 9.17) is 4.18 Å². The molecule has 7 heteroatoms. The highest BCUT2D eigenvalue weighted by atomic mass is 79.9. The van der Waals surface area contributed by atoms with Gasteiger partial charge < -0.3 is 9.08 Å². The van der Waals surface area contributed by atoms with E-state index in [1.807, 2.05) is 26.0 Å². The van der Waals surface area contributed by atoms with Crippen molar-refractivity contribution in [3.8, 4) is 0 Å². The van der Waals surface area contributed by atoms with Gasteiger partial charge in [0.2, 0.25) is 0 Å². The van der Waals surface area contributed by atoms with Gasteiger partial charge in [-0.05, 0) is 43.4 Å². The molecule has 0 aliphatic carbocycles. The van der Waals surface area contributed by atoms with Gasteiger partial charge in [-0.2, -0.15) is 8.42 Å². The predicted molar refractivity (Wildman–Crippen MR) is 95.8 cm³/mol. The van der Waals surface area contributed by atoms with E-state index in [9.17, 15) is 13.2 Å². The summed E-state index contributed by atoms with van der Waals surface area (Å²) in [6.45, 7) is 4.64. The number of aryl methyl sites for hydroxylation is 2. The molecule has 130 valence electrons. The van der Waals surface area contributed by atoms with Crippen LogP contribution in [0.1, 0.15) is 36.5 Å². The number of carbonyl (C=O) groups excluding carboxylic acids is 1. The minimum Gasteiger partial charge on any atom is -0.384 e. The van der Waals surface area contributed by atoms with Gasteiger partial charge in [-0.3, -0.25) is 4.79 Å². The van der Waals surface area contributed by atoms with Gasteiger partial charge in [0.15, 0.2) is 5.76 Å². The van der Waals surface area contributed by atoms with Crippen LogP contribution in [-0.2, 0) is 25.5 Å². The van der Waals surface area contributed by atoms with Crippen molar-refractivity contribution in [1.29, 1.82) is 0 Å². The Morgan fingerprint density at radius 3 is 2.71 bits per heavy atom. The van der Waals surface area contributed by atoms with Gasteiger partial charge >= 0.3 is 10.1 Å². The van der Waals surface area contributed by atoms with E-state index in [0.29, 0.717) is 12.1 Å². The molecule has 0 radical (unpaired) electrons. The van der Waals surface area contributed by atoms with Crippen molar-refractivity contribution in [3.05, 3.63) is 39.1 Å². The Morgan fingerprint density at radius 1 is 1.38 bits per heavy atom. The molecule has 1 aromatic rings. The Kier molecular flexibility index (Phi) is 4.51. The van der Waals surface area contributed by atoms with Crippen LogP contribution in [0.2, 0.25) is 0 Å². The summed E-state index contributed by atoms with van der Waals surface area (Å²) >= 11 is 3.55. The summed E-state index contributed by atoms with van der Waals surface area (Å²) in [6.07, 6.45) is 3.34. The first kappa shape index (κ1) is 17.5. The fourth-order valence-electron chi connectivity index (χ4n) is 3.56. The zero-order valence-corrected chi connectivity index (χ0v) is 16.3. The molecule has 0 bridgehead atoms. The second-order valence-electron chi connectivity index (χ2n) is 6.32. The van der Waals surface area contributed by atoms with Crippen molar-refractivity contribution in [2.75, 3.05) is 12.8 Å². The van der Waals surface area contributed by atoms with Gasteiger partial charge in [0.05, 0.1) is 17.9 Å². The van der Waals surface area contributed by atoms with Crippen LogP contribution in [0.3, 0.4) is 0 Å². The van der Waals surface area contributed by atoms with Crippen molar-refractivity contribution in [2.45, 2.75) is 39.2 Å². The molecule has 2 heterocycles. The molecule has 1 atom stereocenters. The Hall–Kier alpha value is -1.34. The quantitative estimate of drug-likeness (QED) is 0.711. The number of halogens is 1. The average molecular weight is 414 g/mol. The first-order valence-corrected chi connectivity index (χ1v) is 10.6. The van der Waals surface area contributed by atoms with E-state index in [1.165, 1.54) is 0 Å². The van der Waals surface area contributed by atoms with E-state index in [0.717, 1.165) is 46.7 Å². The molecule has 0 aromatic heterocycles. The highest BCUT2D eigenvalue weighted by Crippen LogP contribution is 2.43. The second kappa shape index (κ2) is 6.19. The number of hydrogen-bond acceptors (Lipinski definition) is 4. The van der Waals surface area contributed by atoms with Crippen LogP contribution in [0, 0.1) is 6.92 Å². The van der Waals surface area contributed by atoms with Crippen LogP contribution in [0.25, 0.3) is 5.57 Å². The summed E-state index contributed by atoms with van der Waals surface area (Å²) in [7, 11) is -3.70. The molecule has 1 aromatic carbocycles. The molecule has 2 aliphatic rings. The summed E-state index contributed by atoms with van der Waals surface area (Å²) in [6, 6.07) is 3.69. The molecule has 3 rings (SSSR count). The van der Waals surface area contributed by atoms with E-state index in [-0.39, 0.29) is 17.7 Å². The SMILES string of the molecule is CCc1cc(C)cc(Br)c1C1=C(OS(C)(=O)=O)C2CCCN2C1=O. The van der Waals surface area contributed by atoms with Crippen LogP contribution >= 0.6 is 15.9 Å². The lowest BCUT2D eigenvalue weighted by Crippen LogP contribution is -2.30. The van der Waals surface area contributed by atoms with Crippen molar-refractivity contribution >= 4 is 37.5 Å². The van der Waals surface area contributed by atoms with E-state index < -0.39 is 10.1 Å². The minimum atomic E-state index is -3.70. The molecule has 1 fully saturated rings. The molecule has 5 nitrogen and oxygen atoms in total. The molecule has 0 spiro atoms. The number of carbonyl (C=O) groups is 1. The Bertz CT molecular complexity index is 844. The monoisotopic (exact) mass is 413 g/mol. The largest absolute Gasteiger partial charge is 0.384 e. The number of rotatable bonds is 4. The van der Waals surface area contributed by atoms with Gasteiger partial charge in [0.1, 0.15) is 0 Å². The van der Waals surface area contributed by atoms with E-state index in [1.54, 1.807) is 4.90 Å². The van der Waals surface area contributed by atoms with Crippen molar-refractivity contribution in [3.63, 3.8) is 0 Å². The Labute approximate surface area is 150 Å². The molecule has 0 saturated carbocycles. The molecule has 1 unspecified atom stereocenters. The Balaban J connectivity index is 2.25. The summed E-state index contributed by atoms with van der Waals surface area (Å²) < 4.78 is 29.6. The average Bonchev–Trinajstić information content (AvgIpc) is 3.03. The molecule has 1 amide bonds. The molecule has 24 heavy (non-hydrogen) atoms. The molecular formula is C17H20BrNO4S. The summed E-state index contributed by atoms with van der Waals surface area (Å²) in [5, 5.41) is 0. The number of fused-ring (bicyclic) bond motifs is 1. The van der Waals surface area contributed by atoms with E-state index >= 15 is 0 Å². The van der Waals surface area contributed by atoms with Gasteiger partial charge in [0.25, 0.3) is 5.91 Å². The normalized spacial score (nSPS) is 20.8. The first-order chi connectivity index (χ1) is 11.2. The van der Waals surface area contributed by atoms with Crippen LogP contribution in [0.4, 0.5) is 0 Å². The molecular weight excluding hydrogens is 394 g/mol. The Morgan fingerprint density at radius 2 is 2.08 bits per heavy atom. The number of amides is 1. The number of hydrogen-bond donors (Lipinski definition) is 0. The van der Waals surface area contributed by atoms with Crippen molar-refractivity contribution < 1.29 is 17.4 Å². The van der Waals surface area contributed by atoms with Gasteiger partial charge in [-0.1, -0.05) is 28.9 Å². The van der Waals surface area contributed by atoms with E-state index in [2.05, 4.69) is 15.9 Å². The van der Waals surface area contributed by atoms with Crippen LogP contribution < -0.4 is 0 Å². The number of benzene rings is 1. The third-order valence-electron chi connectivity index (χ3n) is 4.46. The van der Waals surface area contributed by atoms with Gasteiger partial charge in [-0.15, -0.1) is 0 Å². The zero-order chi connectivity index (χ0) is 17.6. The maximum atomic E-state index is 13.0. The third-order valence-corrected chi connectivity index (χ3v) is 5.57. The highest BCUT2D eigenvalue weighted by molar-refractivity contribution is 9.10. The molecule has 0 N–H and O–H groups in total. The number of nitrogens with zero attached hydrogens (tertiary/aromatic N) is 1. The summed E-state index contributed by atoms with van der Waals surface area (Å²) in [5.41, 5.74) is 3.22. The summed E-state index contributed by atoms with van der Waals surface area (Å²) in [4.78, 5) is 14.7.